The maximum Gasteiger partial charge on any atom is 0.343 e. The average Bonchev–Trinajstić information content (AvgIpc) is 2.52. The summed E-state index contributed by atoms with van der Waals surface area (Å²) >= 11 is 0. The summed E-state index contributed by atoms with van der Waals surface area (Å²) in [6, 6.07) is 5.58. The van der Waals surface area contributed by atoms with Gasteiger partial charge in [0.2, 0.25) is 0 Å². The van der Waals surface area contributed by atoms with Gasteiger partial charge in [0, 0.05) is 5.56 Å². The number of ether oxygens (including phenoxy) is 2. The normalized spacial score (nSPS) is 23.5. The lowest BCUT2D eigenvalue weighted by molar-refractivity contribution is -0.000834. The van der Waals surface area contributed by atoms with Crippen molar-refractivity contribution < 1.29 is 14.3 Å². The van der Waals surface area contributed by atoms with Crippen LogP contribution in [0.1, 0.15) is 36.2 Å². The van der Waals surface area contributed by atoms with Gasteiger partial charge >= 0.3 is 5.97 Å². The molecule has 0 N–H and O–H groups in total. The number of cyclic esters (lactones) is 1. The lowest BCUT2D eigenvalue weighted by atomic mass is 9.91. The van der Waals surface area contributed by atoms with Gasteiger partial charge in [-0.15, -0.1) is 0 Å². The summed E-state index contributed by atoms with van der Waals surface area (Å²) in [5.74, 6) is 0.307. The van der Waals surface area contributed by atoms with Gasteiger partial charge in [0.15, 0.2) is 0 Å². The Morgan fingerprint density at radius 2 is 2.20 bits per heavy atom. The van der Waals surface area contributed by atoms with E-state index in [4.69, 9.17) is 9.47 Å². The van der Waals surface area contributed by atoms with Crippen LogP contribution in [0.4, 0.5) is 0 Å². The molecule has 1 atom stereocenters. The highest BCUT2D eigenvalue weighted by Gasteiger charge is 2.41. The van der Waals surface area contributed by atoms with Crippen LogP contribution in [0.3, 0.4) is 0 Å². The molecule has 0 saturated heterocycles. The molecule has 0 aliphatic carbocycles. The summed E-state index contributed by atoms with van der Waals surface area (Å²) < 4.78 is 10.6. The zero-order chi connectivity index (χ0) is 11.1. The SMILES string of the molecule is CC[C@]1(C)OC(=O)c2c(OC)cccc21. The largest absolute Gasteiger partial charge is 0.496 e. The highest BCUT2D eigenvalue weighted by Crippen LogP contribution is 2.42. The Hall–Kier alpha value is -1.51. The van der Waals surface area contributed by atoms with E-state index in [-0.39, 0.29) is 5.97 Å². The predicted molar refractivity (Wildman–Crippen MR) is 56.1 cm³/mol. The highest BCUT2D eigenvalue weighted by atomic mass is 16.6. The minimum Gasteiger partial charge on any atom is -0.496 e. The molecule has 1 aromatic rings. The highest BCUT2D eigenvalue weighted by molar-refractivity contribution is 5.97. The predicted octanol–water partition coefficient (Wildman–Crippen LogP) is 2.49. The number of fused-ring (bicyclic) bond motifs is 1. The molecular formula is C12H14O3. The monoisotopic (exact) mass is 206 g/mol. The maximum absolute atomic E-state index is 11.7. The second-order valence-corrected chi connectivity index (χ2v) is 3.86. The molecule has 0 radical (unpaired) electrons. The molecule has 0 saturated carbocycles. The number of hydrogen-bond donors (Lipinski definition) is 0. The Bertz CT molecular complexity index is 411. The van der Waals surface area contributed by atoms with E-state index in [0.29, 0.717) is 11.3 Å². The van der Waals surface area contributed by atoms with Crippen molar-refractivity contribution in [2.75, 3.05) is 7.11 Å². The number of rotatable bonds is 2. The van der Waals surface area contributed by atoms with Gasteiger partial charge in [0.1, 0.15) is 16.9 Å². The molecule has 1 aromatic carbocycles. The van der Waals surface area contributed by atoms with Crippen LogP contribution in [0, 0.1) is 0 Å². The van der Waals surface area contributed by atoms with Gasteiger partial charge < -0.3 is 9.47 Å². The van der Waals surface area contributed by atoms with E-state index in [2.05, 4.69) is 0 Å². The van der Waals surface area contributed by atoms with Crippen molar-refractivity contribution in [3.05, 3.63) is 29.3 Å². The van der Waals surface area contributed by atoms with Gasteiger partial charge in [0.25, 0.3) is 0 Å². The van der Waals surface area contributed by atoms with Crippen molar-refractivity contribution in [3.8, 4) is 5.75 Å². The minimum atomic E-state index is -0.499. The molecule has 3 nitrogen and oxygen atoms in total. The van der Waals surface area contributed by atoms with Crippen LogP contribution in [0.15, 0.2) is 18.2 Å². The first-order chi connectivity index (χ1) is 7.12. The van der Waals surface area contributed by atoms with Gasteiger partial charge in [-0.2, -0.15) is 0 Å². The zero-order valence-electron chi connectivity index (χ0n) is 9.16. The van der Waals surface area contributed by atoms with E-state index in [1.807, 2.05) is 26.0 Å². The van der Waals surface area contributed by atoms with Gasteiger partial charge in [-0.1, -0.05) is 19.1 Å². The second kappa shape index (κ2) is 3.26. The number of hydrogen-bond acceptors (Lipinski definition) is 3. The summed E-state index contributed by atoms with van der Waals surface area (Å²) in [5.41, 5.74) is 1.000. The summed E-state index contributed by atoms with van der Waals surface area (Å²) in [7, 11) is 1.56. The van der Waals surface area contributed by atoms with Crippen molar-refractivity contribution in [1.82, 2.24) is 0 Å². The molecule has 15 heavy (non-hydrogen) atoms. The van der Waals surface area contributed by atoms with Crippen molar-refractivity contribution in [1.29, 1.82) is 0 Å². The summed E-state index contributed by atoms with van der Waals surface area (Å²) in [6.07, 6.45) is 0.763. The number of benzene rings is 1. The number of carbonyl (C=O) groups excluding carboxylic acids is 1. The van der Waals surface area contributed by atoms with Crippen molar-refractivity contribution >= 4 is 5.97 Å². The molecule has 80 valence electrons. The van der Waals surface area contributed by atoms with Gasteiger partial charge in [-0.3, -0.25) is 0 Å². The van der Waals surface area contributed by atoms with E-state index in [1.165, 1.54) is 0 Å². The summed E-state index contributed by atoms with van der Waals surface area (Å²) in [6.45, 7) is 3.93. The molecule has 0 spiro atoms. The van der Waals surface area contributed by atoms with Crippen LogP contribution in [-0.2, 0) is 10.3 Å². The van der Waals surface area contributed by atoms with Gasteiger partial charge in [0.05, 0.1) is 7.11 Å². The Kier molecular flexibility index (Phi) is 2.18. The molecule has 1 aliphatic heterocycles. The van der Waals surface area contributed by atoms with E-state index in [1.54, 1.807) is 13.2 Å². The van der Waals surface area contributed by atoms with E-state index < -0.39 is 5.60 Å². The molecule has 3 heteroatoms. The van der Waals surface area contributed by atoms with Crippen LogP contribution in [0.5, 0.6) is 5.75 Å². The molecule has 0 fully saturated rings. The Labute approximate surface area is 89.0 Å². The Balaban J connectivity index is 2.64. The standard InChI is InChI=1S/C12H14O3/c1-4-12(2)8-6-5-7-9(14-3)10(8)11(13)15-12/h5-7H,4H2,1-3H3/t12-/m0/s1. The van der Waals surface area contributed by atoms with Crippen molar-refractivity contribution in [2.45, 2.75) is 25.9 Å². The average molecular weight is 206 g/mol. The lowest BCUT2D eigenvalue weighted by Gasteiger charge is -2.21. The molecule has 1 heterocycles. The molecule has 0 aromatic heterocycles. The van der Waals surface area contributed by atoms with Crippen LogP contribution in [0.25, 0.3) is 0 Å². The number of carbonyl (C=O) groups is 1. The van der Waals surface area contributed by atoms with Crippen LogP contribution in [-0.4, -0.2) is 13.1 Å². The van der Waals surface area contributed by atoms with E-state index >= 15 is 0 Å². The second-order valence-electron chi connectivity index (χ2n) is 3.86. The van der Waals surface area contributed by atoms with Gasteiger partial charge in [-0.05, 0) is 19.4 Å². The molecule has 1 aliphatic rings. The first-order valence-electron chi connectivity index (χ1n) is 5.03. The fourth-order valence-electron chi connectivity index (χ4n) is 1.93. The molecule has 0 bridgehead atoms. The van der Waals surface area contributed by atoms with E-state index in [0.717, 1.165) is 12.0 Å². The third kappa shape index (κ3) is 1.30. The summed E-state index contributed by atoms with van der Waals surface area (Å²) in [5, 5.41) is 0. The number of methoxy groups -OCH3 is 1. The third-order valence-electron chi connectivity index (χ3n) is 3.01. The maximum atomic E-state index is 11.7. The third-order valence-corrected chi connectivity index (χ3v) is 3.01. The Morgan fingerprint density at radius 3 is 2.80 bits per heavy atom. The number of esters is 1. The summed E-state index contributed by atoms with van der Waals surface area (Å²) in [4.78, 5) is 11.7. The molecular weight excluding hydrogens is 192 g/mol. The quantitative estimate of drug-likeness (QED) is 0.697. The lowest BCUT2D eigenvalue weighted by Crippen LogP contribution is -2.20. The first kappa shape index (κ1) is 10.0. The van der Waals surface area contributed by atoms with Crippen LogP contribution in [0.2, 0.25) is 0 Å². The van der Waals surface area contributed by atoms with Crippen molar-refractivity contribution in [3.63, 3.8) is 0 Å². The first-order valence-corrected chi connectivity index (χ1v) is 5.03. The molecule has 0 unspecified atom stereocenters. The van der Waals surface area contributed by atoms with Crippen LogP contribution >= 0.6 is 0 Å². The van der Waals surface area contributed by atoms with Gasteiger partial charge in [-0.25, -0.2) is 4.79 Å². The smallest absolute Gasteiger partial charge is 0.343 e. The fraction of sp³-hybridized carbons (Fsp3) is 0.417. The fourth-order valence-corrected chi connectivity index (χ4v) is 1.93. The topological polar surface area (TPSA) is 35.5 Å². The minimum absolute atomic E-state index is 0.285. The Morgan fingerprint density at radius 1 is 1.47 bits per heavy atom. The van der Waals surface area contributed by atoms with Crippen LogP contribution < -0.4 is 4.74 Å². The molecule has 2 rings (SSSR count). The van der Waals surface area contributed by atoms with Crippen molar-refractivity contribution in [2.24, 2.45) is 0 Å². The zero-order valence-corrected chi connectivity index (χ0v) is 9.16. The van der Waals surface area contributed by atoms with E-state index in [9.17, 15) is 4.79 Å². The molecule has 0 amide bonds.